The minimum absolute atomic E-state index is 0.435. The van der Waals surface area contributed by atoms with Crippen molar-refractivity contribution in [2.75, 3.05) is 19.8 Å². The summed E-state index contributed by atoms with van der Waals surface area (Å²) in [4.78, 5) is 0. The molecule has 102 valence electrons. The van der Waals surface area contributed by atoms with Crippen LogP contribution in [0.1, 0.15) is 52.9 Å². The maximum Gasteiger partial charge on any atom is 0.350 e. The van der Waals surface area contributed by atoms with Gasteiger partial charge in [-0.2, -0.15) is 0 Å². The molecule has 0 aromatic rings. The van der Waals surface area contributed by atoms with Crippen molar-refractivity contribution in [3.05, 3.63) is 0 Å². The summed E-state index contributed by atoms with van der Waals surface area (Å²) in [6.45, 7) is 7.67. The Balaban J connectivity index is 2.88. The first kappa shape index (κ1) is 15.2. The maximum atomic E-state index is 12.9. The highest BCUT2D eigenvalue weighted by molar-refractivity contribution is 7.55. The lowest BCUT2D eigenvalue weighted by Gasteiger charge is -2.36. The van der Waals surface area contributed by atoms with E-state index in [1.54, 1.807) is 0 Å². The van der Waals surface area contributed by atoms with Gasteiger partial charge in [-0.25, -0.2) is 0 Å². The fraction of sp³-hybridized carbons (Fsp3) is 1.00. The molecule has 0 saturated carbocycles. The van der Waals surface area contributed by atoms with E-state index in [0.717, 1.165) is 38.6 Å². The first-order valence-corrected chi connectivity index (χ1v) is 8.32. The molecule has 1 rings (SSSR count). The van der Waals surface area contributed by atoms with Gasteiger partial charge in [0.25, 0.3) is 0 Å². The smallest absolute Gasteiger partial charge is 0.308 e. The minimum atomic E-state index is -3.04. The van der Waals surface area contributed by atoms with Crippen LogP contribution in [0.2, 0.25) is 0 Å². The second-order valence-corrected chi connectivity index (χ2v) is 6.87. The molecule has 1 unspecified atom stereocenters. The van der Waals surface area contributed by atoms with Crippen LogP contribution in [0.25, 0.3) is 0 Å². The Hall–Kier alpha value is 0.110. The van der Waals surface area contributed by atoms with Crippen LogP contribution in [-0.2, 0) is 13.6 Å². The molecule has 1 saturated heterocycles. The number of hydrogen-bond donors (Lipinski definition) is 1. The molecule has 4 nitrogen and oxygen atoms in total. The lowest BCUT2D eigenvalue weighted by atomic mass is 10.1. The summed E-state index contributed by atoms with van der Waals surface area (Å²) < 4.78 is 24.0. The van der Waals surface area contributed by atoms with Crippen molar-refractivity contribution in [1.82, 2.24) is 5.32 Å². The number of hydrogen-bond acceptors (Lipinski definition) is 4. The summed E-state index contributed by atoms with van der Waals surface area (Å²) in [6.07, 6.45) is 4.97. The van der Waals surface area contributed by atoms with Crippen LogP contribution in [0.4, 0.5) is 0 Å². The largest absolute Gasteiger partial charge is 0.350 e. The van der Waals surface area contributed by atoms with Crippen molar-refractivity contribution >= 4 is 7.60 Å². The Bertz CT molecular complexity index is 254. The molecule has 0 radical (unpaired) electrons. The van der Waals surface area contributed by atoms with Crippen LogP contribution in [0.3, 0.4) is 0 Å². The van der Waals surface area contributed by atoms with Gasteiger partial charge >= 0.3 is 7.60 Å². The fourth-order valence-electron chi connectivity index (χ4n) is 2.47. The summed E-state index contributed by atoms with van der Waals surface area (Å²) in [7, 11) is -3.04. The van der Waals surface area contributed by atoms with E-state index >= 15 is 0 Å². The third-order valence-electron chi connectivity index (χ3n) is 3.29. The summed E-state index contributed by atoms with van der Waals surface area (Å²) in [6, 6.07) is 0. The molecule has 1 N–H and O–H groups in total. The first-order valence-electron chi connectivity index (χ1n) is 6.78. The van der Waals surface area contributed by atoms with Gasteiger partial charge in [0.2, 0.25) is 0 Å². The highest BCUT2D eigenvalue weighted by Gasteiger charge is 2.51. The normalized spacial score (nSPS) is 25.4. The number of unbranched alkanes of at least 4 members (excludes halogenated alkanes) is 1. The van der Waals surface area contributed by atoms with Gasteiger partial charge in [0.05, 0.1) is 13.2 Å². The summed E-state index contributed by atoms with van der Waals surface area (Å²) in [5, 5.41) is 2.97. The predicted octanol–water partition coefficient (Wildman–Crippen LogP) is 3.52. The summed E-state index contributed by atoms with van der Waals surface area (Å²) >= 11 is 0. The first-order chi connectivity index (χ1) is 8.14. The molecule has 5 heteroatoms. The SMILES string of the molecule is CCCCC1(P(=O)(OCC)OCC)CCCN1. The molecule has 1 aliphatic rings. The van der Waals surface area contributed by atoms with Gasteiger partial charge in [-0.3, -0.25) is 4.57 Å². The van der Waals surface area contributed by atoms with Crippen LogP contribution in [-0.4, -0.2) is 25.0 Å². The van der Waals surface area contributed by atoms with Crippen LogP contribution in [0.15, 0.2) is 0 Å². The minimum Gasteiger partial charge on any atom is -0.308 e. The molecule has 1 fully saturated rings. The lowest BCUT2D eigenvalue weighted by molar-refractivity contribution is 0.186. The Labute approximate surface area is 105 Å². The zero-order chi connectivity index (χ0) is 12.8. The van der Waals surface area contributed by atoms with Gasteiger partial charge in [0, 0.05) is 0 Å². The monoisotopic (exact) mass is 263 g/mol. The van der Waals surface area contributed by atoms with Crippen molar-refractivity contribution in [2.45, 2.75) is 58.2 Å². The summed E-state index contributed by atoms with van der Waals surface area (Å²) in [5.41, 5.74) is 0. The predicted molar refractivity (Wildman–Crippen MR) is 70.4 cm³/mol. The molecule has 1 atom stereocenters. The molecule has 1 heterocycles. The van der Waals surface area contributed by atoms with Gasteiger partial charge in [0.1, 0.15) is 5.28 Å². The van der Waals surface area contributed by atoms with Gasteiger partial charge in [-0.05, 0) is 39.7 Å². The highest BCUT2D eigenvalue weighted by atomic mass is 31.2. The van der Waals surface area contributed by atoms with Crippen LogP contribution in [0, 0.1) is 0 Å². The standard InChI is InChI=1S/C12H26NO3P/c1-4-7-9-12(10-8-11-13-12)17(14,15-5-2)16-6-3/h13H,4-11H2,1-3H3. The van der Waals surface area contributed by atoms with Gasteiger partial charge in [0.15, 0.2) is 0 Å². The molecule has 17 heavy (non-hydrogen) atoms. The summed E-state index contributed by atoms with van der Waals surface area (Å²) in [5.74, 6) is 0. The van der Waals surface area contributed by atoms with Crippen molar-refractivity contribution in [2.24, 2.45) is 0 Å². The fourth-order valence-corrected chi connectivity index (χ4v) is 4.89. The third-order valence-corrected chi connectivity index (χ3v) is 6.14. The van der Waals surface area contributed by atoms with Gasteiger partial charge in [-0.15, -0.1) is 0 Å². The van der Waals surface area contributed by atoms with Crippen molar-refractivity contribution < 1.29 is 13.6 Å². The van der Waals surface area contributed by atoms with E-state index in [9.17, 15) is 4.57 Å². The second-order valence-electron chi connectivity index (χ2n) is 4.50. The number of rotatable bonds is 8. The Morgan fingerprint density at radius 1 is 1.24 bits per heavy atom. The zero-order valence-electron chi connectivity index (χ0n) is 11.3. The van der Waals surface area contributed by atoms with Crippen molar-refractivity contribution in [3.8, 4) is 0 Å². The quantitative estimate of drug-likeness (QED) is 0.681. The molecule has 0 bridgehead atoms. The van der Waals surface area contributed by atoms with Crippen molar-refractivity contribution in [1.29, 1.82) is 0 Å². The molecule has 0 aromatic heterocycles. The average molecular weight is 263 g/mol. The second kappa shape index (κ2) is 6.89. The van der Waals surface area contributed by atoms with Crippen molar-refractivity contribution in [3.63, 3.8) is 0 Å². The molecular formula is C12H26NO3P. The zero-order valence-corrected chi connectivity index (χ0v) is 12.2. The Kier molecular flexibility index (Phi) is 6.14. The topological polar surface area (TPSA) is 47.6 Å². The van der Waals surface area contributed by atoms with Gasteiger partial charge < -0.3 is 14.4 Å². The van der Waals surface area contributed by atoms with Gasteiger partial charge in [-0.1, -0.05) is 19.8 Å². The molecule has 1 aliphatic heterocycles. The molecule has 0 amide bonds. The van der Waals surface area contributed by atoms with E-state index in [1.807, 2.05) is 13.8 Å². The molecule has 0 aromatic carbocycles. The van der Waals surface area contributed by atoms with Crippen LogP contribution < -0.4 is 5.32 Å². The Morgan fingerprint density at radius 2 is 1.88 bits per heavy atom. The van der Waals surface area contributed by atoms with E-state index in [-0.39, 0.29) is 0 Å². The molecule has 0 spiro atoms. The highest BCUT2D eigenvalue weighted by Crippen LogP contribution is 2.63. The van der Waals surface area contributed by atoms with E-state index < -0.39 is 12.9 Å². The number of nitrogens with one attached hydrogen (secondary N) is 1. The molecule has 0 aliphatic carbocycles. The van der Waals surface area contributed by atoms with E-state index in [2.05, 4.69) is 12.2 Å². The maximum absolute atomic E-state index is 12.9. The lowest BCUT2D eigenvalue weighted by Crippen LogP contribution is -2.40. The van der Waals surface area contributed by atoms with E-state index in [0.29, 0.717) is 13.2 Å². The van der Waals surface area contributed by atoms with Crippen LogP contribution in [0.5, 0.6) is 0 Å². The van der Waals surface area contributed by atoms with Crippen LogP contribution >= 0.6 is 7.60 Å². The molecular weight excluding hydrogens is 237 g/mol. The van der Waals surface area contributed by atoms with E-state index in [1.165, 1.54) is 0 Å². The average Bonchev–Trinajstić information content (AvgIpc) is 2.77. The third kappa shape index (κ3) is 3.31. The van der Waals surface area contributed by atoms with E-state index in [4.69, 9.17) is 9.05 Å². The Morgan fingerprint density at radius 3 is 2.29 bits per heavy atom.